The summed E-state index contributed by atoms with van der Waals surface area (Å²) in [7, 11) is 0. The van der Waals surface area contributed by atoms with Gasteiger partial charge < -0.3 is 0 Å². The van der Waals surface area contributed by atoms with Crippen molar-refractivity contribution in [2.24, 2.45) is 0 Å². The molecule has 0 unspecified atom stereocenters. The number of rotatable bonds is 4. The first kappa shape index (κ1) is 24.3. The number of benzene rings is 2. The molecule has 0 spiro atoms. The van der Waals surface area contributed by atoms with Crippen molar-refractivity contribution in [2.45, 2.75) is 91.9 Å². The van der Waals surface area contributed by atoms with E-state index in [9.17, 15) is 0 Å². The first-order valence-electron chi connectivity index (χ1n) is 12.4. The monoisotopic (exact) mass is 426 g/mol. The third kappa shape index (κ3) is 5.34. The van der Waals surface area contributed by atoms with Crippen molar-refractivity contribution < 1.29 is 0 Å². The number of allylic oxidation sites excluding steroid dienone is 3. The van der Waals surface area contributed by atoms with Gasteiger partial charge in [-0.1, -0.05) is 116 Å². The minimum atomic E-state index is 0.594. The Hall–Kier alpha value is -2.34. The standard InChI is InChI=1S/C17H22.C15H20/c1-11(2)16-9-14-7-6-13(5)8-15(14)10-17(16)12(3)4;1-10(2)14-8-12-6-5-7-13(12)9-15(14)11(3)4/h6-7,9-12H,5,8H2,1-4H3;5-6,8-11H,7H2,1-4H3. The van der Waals surface area contributed by atoms with E-state index < -0.39 is 0 Å². The van der Waals surface area contributed by atoms with Crippen molar-refractivity contribution in [1.29, 1.82) is 0 Å². The van der Waals surface area contributed by atoms with E-state index >= 15 is 0 Å². The molecule has 0 aliphatic heterocycles. The van der Waals surface area contributed by atoms with Crippen LogP contribution < -0.4 is 0 Å². The van der Waals surface area contributed by atoms with Crippen molar-refractivity contribution in [3.63, 3.8) is 0 Å². The lowest BCUT2D eigenvalue weighted by Crippen LogP contribution is -2.05. The fraction of sp³-hybridized carbons (Fsp3) is 0.438. The summed E-state index contributed by atoms with van der Waals surface area (Å²) >= 11 is 0. The van der Waals surface area contributed by atoms with Crippen molar-refractivity contribution in [3.8, 4) is 0 Å². The van der Waals surface area contributed by atoms with Gasteiger partial charge in [-0.25, -0.2) is 0 Å². The van der Waals surface area contributed by atoms with Crippen LogP contribution in [0.15, 0.2) is 48.6 Å². The Balaban J connectivity index is 0.000000182. The molecule has 0 N–H and O–H groups in total. The first-order valence-corrected chi connectivity index (χ1v) is 12.4. The molecule has 0 nitrogen and oxygen atoms in total. The average Bonchev–Trinajstić information content (AvgIpc) is 3.19. The summed E-state index contributed by atoms with van der Waals surface area (Å²) in [4.78, 5) is 0. The zero-order chi connectivity index (χ0) is 23.6. The van der Waals surface area contributed by atoms with Gasteiger partial charge >= 0.3 is 0 Å². The second-order valence-electron chi connectivity index (χ2n) is 10.8. The van der Waals surface area contributed by atoms with E-state index in [-0.39, 0.29) is 0 Å². The van der Waals surface area contributed by atoms with Gasteiger partial charge in [0, 0.05) is 0 Å². The maximum Gasteiger partial charge on any atom is -0.00256 e. The van der Waals surface area contributed by atoms with Crippen LogP contribution in [0.4, 0.5) is 0 Å². The van der Waals surface area contributed by atoms with Crippen LogP contribution in [0.5, 0.6) is 0 Å². The van der Waals surface area contributed by atoms with Crippen molar-refractivity contribution in [2.75, 3.05) is 0 Å². The minimum Gasteiger partial charge on any atom is -0.0955 e. The van der Waals surface area contributed by atoms with Gasteiger partial charge in [0.1, 0.15) is 0 Å². The highest BCUT2D eigenvalue weighted by Gasteiger charge is 2.16. The molecular formula is C32H42. The van der Waals surface area contributed by atoms with Gasteiger partial charge in [0.05, 0.1) is 0 Å². The third-order valence-corrected chi connectivity index (χ3v) is 6.73. The van der Waals surface area contributed by atoms with Crippen LogP contribution >= 0.6 is 0 Å². The fourth-order valence-electron chi connectivity index (χ4n) is 4.86. The molecule has 2 aliphatic rings. The molecule has 0 aromatic heterocycles. The van der Waals surface area contributed by atoms with E-state index in [0.29, 0.717) is 23.7 Å². The van der Waals surface area contributed by atoms with E-state index in [1.54, 1.807) is 0 Å². The maximum atomic E-state index is 4.06. The summed E-state index contributed by atoms with van der Waals surface area (Å²) in [6, 6.07) is 9.57. The zero-order valence-corrected chi connectivity index (χ0v) is 21.5. The lowest BCUT2D eigenvalue weighted by Gasteiger charge is -2.21. The van der Waals surface area contributed by atoms with Crippen LogP contribution in [0.1, 0.15) is 124 Å². The normalized spacial score (nSPS) is 14.3. The SMILES string of the molecule is C=C1C=Cc2cc(C(C)C)c(C(C)C)cc2C1.CC(C)c1cc2c(cc1C(C)C)CC=C2. The number of hydrogen-bond donors (Lipinski definition) is 0. The van der Waals surface area contributed by atoms with E-state index in [1.807, 2.05) is 0 Å². The molecule has 0 amide bonds. The Morgan fingerprint density at radius 2 is 1.00 bits per heavy atom. The van der Waals surface area contributed by atoms with E-state index in [2.05, 4.69) is 111 Å². The van der Waals surface area contributed by atoms with Crippen LogP contribution in [0.3, 0.4) is 0 Å². The molecule has 0 saturated carbocycles. The van der Waals surface area contributed by atoms with Crippen LogP contribution in [0, 0.1) is 0 Å². The van der Waals surface area contributed by atoms with Gasteiger partial charge in [-0.2, -0.15) is 0 Å². The van der Waals surface area contributed by atoms with Gasteiger partial charge in [-0.3, -0.25) is 0 Å². The van der Waals surface area contributed by atoms with Crippen molar-refractivity contribution in [1.82, 2.24) is 0 Å². The topological polar surface area (TPSA) is 0 Å². The van der Waals surface area contributed by atoms with Gasteiger partial charge in [0.15, 0.2) is 0 Å². The summed E-state index contributed by atoms with van der Waals surface area (Å²) in [5.41, 5.74) is 13.0. The molecule has 2 aromatic rings. The van der Waals surface area contributed by atoms with E-state index in [0.717, 1.165) is 12.8 Å². The Bertz CT molecular complexity index is 1040. The average molecular weight is 427 g/mol. The summed E-state index contributed by atoms with van der Waals surface area (Å²) in [6.45, 7) is 22.3. The predicted octanol–water partition coefficient (Wildman–Crippen LogP) is 9.56. The van der Waals surface area contributed by atoms with E-state index in [1.165, 1.54) is 50.1 Å². The molecule has 2 aromatic carbocycles. The third-order valence-electron chi connectivity index (χ3n) is 6.73. The smallest absolute Gasteiger partial charge is 0.00256 e. The van der Waals surface area contributed by atoms with Crippen molar-refractivity contribution in [3.05, 3.63) is 93.1 Å². The van der Waals surface area contributed by atoms with Crippen LogP contribution in [0.25, 0.3) is 12.2 Å². The summed E-state index contributed by atoms with van der Waals surface area (Å²) in [6.07, 6.45) is 11.0. The van der Waals surface area contributed by atoms with E-state index in [4.69, 9.17) is 0 Å². The van der Waals surface area contributed by atoms with Crippen LogP contribution in [0.2, 0.25) is 0 Å². The van der Waals surface area contributed by atoms with Crippen LogP contribution in [-0.4, -0.2) is 0 Å². The summed E-state index contributed by atoms with van der Waals surface area (Å²) < 4.78 is 0. The number of hydrogen-bond acceptors (Lipinski definition) is 0. The Labute approximate surface area is 197 Å². The number of fused-ring (bicyclic) bond motifs is 2. The Morgan fingerprint density at radius 3 is 1.50 bits per heavy atom. The summed E-state index contributed by atoms with van der Waals surface area (Å²) in [5.74, 6) is 2.45. The molecule has 4 rings (SSSR count). The molecule has 32 heavy (non-hydrogen) atoms. The molecular weight excluding hydrogens is 384 g/mol. The molecule has 2 aliphatic carbocycles. The highest BCUT2D eigenvalue weighted by Crippen LogP contribution is 2.33. The second kappa shape index (κ2) is 10.1. The Morgan fingerprint density at radius 1 is 0.562 bits per heavy atom. The largest absolute Gasteiger partial charge is 0.0955 e. The summed E-state index contributed by atoms with van der Waals surface area (Å²) in [5, 5.41) is 0. The minimum absolute atomic E-state index is 0.594. The molecule has 0 saturated heterocycles. The maximum absolute atomic E-state index is 4.06. The van der Waals surface area contributed by atoms with Crippen molar-refractivity contribution >= 4 is 12.2 Å². The lowest BCUT2D eigenvalue weighted by molar-refractivity contribution is 0.787. The van der Waals surface area contributed by atoms with Crippen LogP contribution in [-0.2, 0) is 12.8 Å². The molecule has 0 atom stereocenters. The molecule has 0 heterocycles. The quantitative estimate of drug-likeness (QED) is 0.456. The Kier molecular flexibility index (Phi) is 7.65. The zero-order valence-electron chi connectivity index (χ0n) is 21.5. The van der Waals surface area contributed by atoms with Gasteiger partial charge in [-0.05, 0) is 81.0 Å². The van der Waals surface area contributed by atoms with Gasteiger partial charge in [-0.15, -0.1) is 0 Å². The lowest BCUT2D eigenvalue weighted by atomic mass is 9.84. The fourth-order valence-corrected chi connectivity index (χ4v) is 4.86. The molecule has 0 bridgehead atoms. The van der Waals surface area contributed by atoms with Gasteiger partial charge in [0.2, 0.25) is 0 Å². The molecule has 170 valence electrons. The molecule has 0 heteroatoms. The second-order valence-corrected chi connectivity index (χ2v) is 10.8. The molecule has 0 fully saturated rings. The highest BCUT2D eigenvalue weighted by molar-refractivity contribution is 5.64. The van der Waals surface area contributed by atoms with Gasteiger partial charge in [0.25, 0.3) is 0 Å². The molecule has 0 radical (unpaired) electrons. The predicted molar refractivity (Wildman–Crippen MR) is 144 cm³/mol. The highest BCUT2D eigenvalue weighted by atomic mass is 14.2. The first-order chi connectivity index (χ1) is 15.1.